The largest absolute Gasteiger partial charge is 0.497 e. The van der Waals surface area contributed by atoms with Crippen LogP contribution in [0.5, 0.6) is 5.75 Å². The zero-order valence-corrected chi connectivity index (χ0v) is 18.8. The molecule has 3 fully saturated rings. The third-order valence-corrected chi connectivity index (χ3v) is 8.33. The number of esters is 1. The van der Waals surface area contributed by atoms with Crippen LogP contribution in [-0.2, 0) is 16.0 Å². The topological polar surface area (TPSA) is 67.9 Å². The second kappa shape index (κ2) is 8.01. The lowest BCUT2D eigenvalue weighted by Crippen LogP contribution is -2.86. The molecule has 1 saturated heterocycles. The van der Waals surface area contributed by atoms with E-state index in [-0.39, 0.29) is 23.4 Å². The monoisotopic (exact) mass is 423 g/mol. The van der Waals surface area contributed by atoms with Crippen molar-refractivity contribution in [1.82, 2.24) is 4.98 Å². The van der Waals surface area contributed by atoms with Crippen molar-refractivity contribution < 1.29 is 19.6 Å². The van der Waals surface area contributed by atoms with Gasteiger partial charge in [0.15, 0.2) is 0 Å². The van der Waals surface area contributed by atoms with Crippen LogP contribution in [0.4, 0.5) is 0 Å². The number of rotatable bonds is 6. The molecule has 5 nitrogen and oxygen atoms in total. The Morgan fingerprint density at radius 1 is 1.39 bits per heavy atom. The molecule has 0 spiro atoms. The summed E-state index contributed by atoms with van der Waals surface area (Å²) in [5, 5.41) is 3.52. The van der Waals surface area contributed by atoms with Crippen molar-refractivity contribution in [2.45, 2.75) is 51.6 Å². The van der Waals surface area contributed by atoms with E-state index in [1.807, 2.05) is 6.07 Å². The Labute approximate surface area is 184 Å². The highest BCUT2D eigenvalue weighted by Gasteiger charge is 2.55. The number of methoxy groups -OCH3 is 1. The Morgan fingerprint density at radius 2 is 2.26 bits per heavy atom. The molecule has 2 saturated carbocycles. The Balaban J connectivity index is 1.20. The highest BCUT2D eigenvalue weighted by Crippen LogP contribution is 2.56. The summed E-state index contributed by atoms with van der Waals surface area (Å²) in [6, 6.07) is 6.13. The van der Waals surface area contributed by atoms with Crippen molar-refractivity contribution in [3.8, 4) is 5.75 Å². The van der Waals surface area contributed by atoms with E-state index in [1.165, 1.54) is 29.4 Å². The van der Waals surface area contributed by atoms with Crippen LogP contribution >= 0.6 is 0 Å². The first kappa shape index (κ1) is 20.6. The van der Waals surface area contributed by atoms with E-state index in [0.29, 0.717) is 11.8 Å². The van der Waals surface area contributed by atoms with Gasteiger partial charge in [-0.2, -0.15) is 0 Å². The van der Waals surface area contributed by atoms with Gasteiger partial charge < -0.3 is 19.8 Å². The van der Waals surface area contributed by atoms with E-state index in [4.69, 9.17) is 9.47 Å². The number of quaternary nitrogens is 1. The lowest BCUT2D eigenvalue weighted by atomic mass is 9.55. The van der Waals surface area contributed by atoms with Gasteiger partial charge >= 0.3 is 5.97 Å². The highest BCUT2D eigenvalue weighted by atomic mass is 16.6. The molecule has 3 N–H and O–H groups in total. The van der Waals surface area contributed by atoms with Crippen LogP contribution in [-0.4, -0.2) is 37.3 Å². The molecule has 1 aliphatic heterocycles. The van der Waals surface area contributed by atoms with E-state index < -0.39 is 0 Å². The Morgan fingerprint density at radius 3 is 3.10 bits per heavy atom. The molecule has 5 rings (SSSR count). The molecule has 166 valence electrons. The number of nitrogens with one attached hydrogen (secondary N) is 1. The summed E-state index contributed by atoms with van der Waals surface area (Å²) in [7, 11) is 1.70. The number of ether oxygens (including phenoxy) is 2. The molecule has 0 unspecified atom stereocenters. The van der Waals surface area contributed by atoms with E-state index in [1.54, 1.807) is 7.11 Å². The van der Waals surface area contributed by atoms with Crippen LogP contribution in [0.2, 0.25) is 0 Å². The zero-order valence-electron chi connectivity index (χ0n) is 18.8. The summed E-state index contributed by atoms with van der Waals surface area (Å²) in [4.78, 5) is 16.1. The predicted octanol–water partition coefficient (Wildman–Crippen LogP) is 3.60. The molecule has 31 heavy (non-hydrogen) atoms. The van der Waals surface area contributed by atoms with Crippen molar-refractivity contribution in [2.75, 3.05) is 20.2 Å². The zero-order chi connectivity index (χ0) is 21.6. The molecule has 5 atom stereocenters. The molecule has 3 aliphatic rings. The summed E-state index contributed by atoms with van der Waals surface area (Å²) in [5.41, 5.74) is 4.11. The molecule has 0 amide bonds. The van der Waals surface area contributed by atoms with Crippen molar-refractivity contribution in [3.05, 3.63) is 42.1 Å². The Bertz CT molecular complexity index is 996. The average Bonchev–Trinajstić information content (AvgIpc) is 3.29. The van der Waals surface area contributed by atoms with Gasteiger partial charge in [-0.25, -0.2) is 0 Å². The maximum atomic E-state index is 12.7. The number of benzene rings is 1. The number of fused-ring (bicyclic) bond motifs is 3. The summed E-state index contributed by atoms with van der Waals surface area (Å²) in [5.74, 6) is 1.84. The number of carbonyl (C=O) groups is 1. The van der Waals surface area contributed by atoms with Crippen LogP contribution in [0.3, 0.4) is 0 Å². The predicted molar refractivity (Wildman–Crippen MR) is 121 cm³/mol. The highest BCUT2D eigenvalue weighted by molar-refractivity contribution is 5.84. The van der Waals surface area contributed by atoms with Crippen LogP contribution in [0.25, 0.3) is 10.9 Å². The number of hydrogen-bond acceptors (Lipinski definition) is 3. The van der Waals surface area contributed by atoms with Gasteiger partial charge in [0, 0.05) is 29.4 Å². The normalized spacial score (nSPS) is 32.6. The summed E-state index contributed by atoms with van der Waals surface area (Å²) in [6.45, 7) is 8.57. The molecule has 0 bridgehead atoms. The van der Waals surface area contributed by atoms with Crippen LogP contribution < -0.4 is 10.1 Å². The molecule has 1 aromatic heterocycles. The van der Waals surface area contributed by atoms with Crippen molar-refractivity contribution in [1.29, 1.82) is 0 Å². The molecule has 0 radical (unpaired) electrons. The lowest BCUT2D eigenvalue weighted by Gasteiger charge is -2.49. The van der Waals surface area contributed by atoms with Gasteiger partial charge in [0.1, 0.15) is 17.8 Å². The SMILES string of the molecule is C=C1CCC[C@]2(C)C[C@H]3OC(=O)[C@@H](C[NH2+]CCc4c[nH]c5ccc(OC)cc45)[C@H]3C[C@@H]12. The molecule has 2 heterocycles. The fourth-order valence-electron chi connectivity index (χ4n) is 6.57. The molecule has 5 heteroatoms. The van der Waals surface area contributed by atoms with Crippen molar-refractivity contribution in [2.24, 2.45) is 23.2 Å². The second-order valence-electron chi connectivity index (χ2n) is 10.2. The van der Waals surface area contributed by atoms with E-state index in [2.05, 4.69) is 42.1 Å². The summed E-state index contributed by atoms with van der Waals surface area (Å²) >= 11 is 0. The number of hydrogen-bond donors (Lipinski definition) is 2. The fourth-order valence-corrected chi connectivity index (χ4v) is 6.57. The first-order valence-corrected chi connectivity index (χ1v) is 11.8. The third kappa shape index (κ3) is 3.67. The minimum atomic E-state index is 0.0207. The maximum Gasteiger partial charge on any atom is 0.315 e. The van der Waals surface area contributed by atoms with Gasteiger partial charge in [-0.05, 0) is 67.2 Å². The van der Waals surface area contributed by atoms with Gasteiger partial charge in [-0.3, -0.25) is 4.79 Å². The number of allylic oxidation sites excluding steroid dienone is 1. The Hall–Kier alpha value is -2.27. The van der Waals surface area contributed by atoms with Crippen molar-refractivity contribution in [3.63, 3.8) is 0 Å². The first-order chi connectivity index (χ1) is 15.0. The van der Waals surface area contributed by atoms with E-state index >= 15 is 0 Å². The number of H-pyrrole nitrogens is 1. The second-order valence-corrected chi connectivity index (χ2v) is 10.2. The standard InChI is InChI=1S/C26H34N2O3/c1-16-5-4-9-26(2)13-24-20(12-22(16)26)21(25(29)31-24)15-27-10-8-17-14-28-23-7-6-18(30-3)11-19(17)23/h6-7,11,14,20-22,24,27-28H,1,4-5,8-10,12-13,15H2,2-3H3/p+1/t20-,21+,22+,24-,26-/m1/s1. The van der Waals surface area contributed by atoms with Gasteiger partial charge in [0.2, 0.25) is 0 Å². The van der Waals surface area contributed by atoms with Gasteiger partial charge in [0.05, 0.1) is 20.2 Å². The molecule has 2 aliphatic carbocycles. The molecule has 2 aromatic rings. The van der Waals surface area contributed by atoms with Gasteiger partial charge in [-0.15, -0.1) is 0 Å². The summed E-state index contributed by atoms with van der Waals surface area (Å²) in [6.07, 6.45) is 8.87. The Kier molecular flexibility index (Phi) is 5.33. The van der Waals surface area contributed by atoms with Crippen LogP contribution in [0.1, 0.15) is 44.6 Å². The number of aromatic nitrogens is 1. The third-order valence-electron chi connectivity index (χ3n) is 8.33. The molecular formula is C26H35N2O3+. The van der Waals surface area contributed by atoms with Crippen LogP contribution in [0.15, 0.2) is 36.5 Å². The smallest absolute Gasteiger partial charge is 0.315 e. The number of carbonyl (C=O) groups excluding carboxylic acids is 1. The maximum absolute atomic E-state index is 12.7. The molecular weight excluding hydrogens is 388 g/mol. The number of aromatic amines is 1. The van der Waals surface area contributed by atoms with Crippen LogP contribution in [0, 0.1) is 23.2 Å². The number of nitrogens with two attached hydrogens (primary N) is 1. The fraction of sp³-hybridized carbons (Fsp3) is 0.577. The van der Waals surface area contributed by atoms with Crippen molar-refractivity contribution >= 4 is 16.9 Å². The molecule has 1 aromatic carbocycles. The minimum Gasteiger partial charge on any atom is -0.497 e. The van der Waals surface area contributed by atoms with E-state index in [0.717, 1.165) is 50.0 Å². The summed E-state index contributed by atoms with van der Waals surface area (Å²) < 4.78 is 11.3. The van der Waals surface area contributed by atoms with Gasteiger partial charge in [0.25, 0.3) is 0 Å². The average molecular weight is 424 g/mol. The quantitative estimate of drug-likeness (QED) is 0.424. The van der Waals surface area contributed by atoms with E-state index in [9.17, 15) is 4.79 Å². The van der Waals surface area contributed by atoms with Gasteiger partial charge in [-0.1, -0.05) is 19.1 Å². The minimum absolute atomic E-state index is 0.0207. The first-order valence-electron chi connectivity index (χ1n) is 11.8. The lowest BCUT2D eigenvalue weighted by molar-refractivity contribution is -0.658.